The maximum atomic E-state index is 9.92. The van der Waals surface area contributed by atoms with E-state index >= 15 is 0 Å². The number of hydrogen-bond acceptors (Lipinski definition) is 3. The zero-order chi connectivity index (χ0) is 14.8. The van der Waals surface area contributed by atoms with Crippen molar-refractivity contribution >= 4 is 0 Å². The topological polar surface area (TPSA) is 36.3 Å². The first kappa shape index (κ1) is 14.9. The average Bonchev–Trinajstić information content (AvgIpc) is 2.62. The molecule has 0 saturated carbocycles. The predicted octanol–water partition coefficient (Wildman–Crippen LogP) is 3.19. The van der Waals surface area contributed by atoms with Crippen molar-refractivity contribution in [3.63, 3.8) is 0 Å². The minimum absolute atomic E-state index is 0.411. The fraction of sp³-hybridized carbons (Fsp3) is 0.588. The van der Waals surface area contributed by atoms with Gasteiger partial charge in [0.05, 0.1) is 18.1 Å². The summed E-state index contributed by atoms with van der Waals surface area (Å²) in [6.07, 6.45) is 2.68. The number of nitrogens with zero attached hydrogens (tertiary/aromatic N) is 2. The second-order valence-electron chi connectivity index (χ2n) is 6.10. The van der Waals surface area contributed by atoms with Crippen molar-refractivity contribution in [3.05, 3.63) is 28.8 Å². The Labute approximate surface area is 122 Å². The summed E-state index contributed by atoms with van der Waals surface area (Å²) in [5.74, 6) is 0.947. The summed E-state index contributed by atoms with van der Waals surface area (Å²) in [5, 5.41) is 9.92. The molecule has 0 bridgehead atoms. The summed E-state index contributed by atoms with van der Waals surface area (Å²) in [6.45, 7) is 5.79. The van der Waals surface area contributed by atoms with Crippen molar-refractivity contribution in [3.8, 4) is 11.8 Å². The smallest absolute Gasteiger partial charge is 0.127 e. The van der Waals surface area contributed by atoms with E-state index in [-0.39, 0.29) is 0 Å². The molecule has 0 N–H and O–H groups in total. The van der Waals surface area contributed by atoms with Gasteiger partial charge in [0.2, 0.25) is 0 Å². The summed E-state index contributed by atoms with van der Waals surface area (Å²) in [5.41, 5.74) is 3.02. The number of benzene rings is 1. The van der Waals surface area contributed by atoms with Crippen LogP contribution in [0.3, 0.4) is 0 Å². The largest absolute Gasteiger partial charge is 0.493 e. The Morgan fingerprint density at radius 1 is 1.30 bits per heavy atom. The lowest BCUT2D eigenvalue weighted by Crippen LogP contribution is -2.30. The number of hydrogen-bond donors (Lipinski definition) is 0. The van der Waals surface area contributed by atoms with Gasteiger partial charge in [0, 0.05) is 5.56 Å². The highest BCUT2D eigenvalue weighted by atomic mass is 16.5. The molecule has 0 saturated heterocycles. The number of nitriles is 1. The molecule has 0 fully saturated rings. The summed E-state index contributed by atoms with van der Waals surface area (Å²) < 4.78 is 5.96. The Hall–Kier alpha value is -1.53. The first-order valence-electron chi connectivity index (χ1n) is 7.29. The molecule has 0 aromatic heterocycles. The van der Waals surface area contributed by atoms with Crippen LogP contribution in [0, 0.1) is 25.2 Å². The second-order valence-corrected chi connectivity index (χ2v) is 6.10. The van der Waals surface area contributed by atoms with Crippen molar-refractivity contribution in [1.82, 2.24) is 4.90 Å². The zero-order valence-corrected chi connectivity index (χ0v) is 13.0. The maximum absolute atomic E-state index is 9.92. The molecular weight excluding hydrogens is 248 g/mol. The van der Waals surface area contributed by atoms with Crippen molar-refractivity contribution in [1.29, 1.82) is 5.26 Å². The predicted molar refractivity (Wildman–Crippen MR) is 81.1 cm³/mol. The third-order valence-electron chi connectivity index (χ3n) is 4.24. The van der Waals surface area contributed by atoms with Crippen molar-refractivity contribution in [2.45, 2.75) is 38.5 Å². The van der Waals surface area contributed by atoms with Gasteiger partial charge >= 0.3 is 0 Å². The first-order valence-corrected chi connectivity index (χ1v) is 7.29. The summed E-state index contributed by atoms with van der Waals surface area (Å²) in [6, 6.07) is 6.84. The molecule has 1 unspecified atom stereocenters. The minimum atomic E-state index is -0.411. The van der Waals surface area contributed by atoms with Crippen LogP contribution < -0.4 is 4.74 Å². The molecule has 1 aliphatic heterocycles. The molecule has 20 heavy (non-hydrogen) atoms. The molecular formula is C17H24N2O. The molecule has 0 amide bonds. The van der Waals surface area contributed by atoms with Crippen molar-refractivity contribution in [2.24, 2.45) is 0 Å². The Balaban J connectivity index is 2.54. The molecule has 1 aromatic carbocycles. The van der Waals surface area contributed by atoms with Gasteiger partial charge in [-0.2, -0.15) is 5.26 Å². The van der Waals surface area contributed by atoms with Crippen LogP contribution >= 0.6 is 0 Å². The summed E-state index contributed by atoms with van der Waals surface area (Å²) in [4.78, 5) is 2.15. The quantitative estimate of drug-likeness (QED) is 0.848. The van der Waals surface area contributed by atoms with Gasteiger partial charge in [-0.05, 0) is 64.9 Å². The third-order valence-corrected chi connectivity index (χ3v) is 4.24. The Morgan fingerprint density at radius 3 is 2.65 bits per heavy atom. The molecule has 1 atom stereocenters. The normalized spacial score (nSPS) is 21.8. The molecule has 108 valence electrons. The lowest BCUT2D eigenvalue weighted by molar-refractivity contribution is 0.308. The fourth-order valence-electron chi connectivity index (χ4n) is 3.07. The van der Waals surface area contributed by atoms with Gasteiger partial charge in [0.1, 0.15) is 5.75 Å². The van der Waals surface area contributed by atoms with E-state index in [9.17, 15) is 5.26 Å². The van der Waals surface area contributed by atoms with Crippen LogP contribution in [0.25, 0.3) is 0 Å². The van der Waals surface area contributed by atoms with Crippen molar-refractivity contribution < 1.29 is 4.74 Å². The van der Waals surface area contributed by atoms with Crippen LogP contribution in [-0.2, 0) is 5.41 Å². The summed E-state index contributed by atoms with van der Waals surface area (Å²) >= 11 is 0. The van der Waals surface area contributed by atoms with E-state index in [1.54, 1.807) is 0 Å². The third kappa shape index (κ3) is 2.66. The standard InChI is InChI=1S/C17H24N2O/c1-13-6-7-14(2)16-15(13)17(12-18,8-5-11-20-16)9-10-19(3)4/h6-7H,5,8-11H2,1-4H3. The van der Waals surface area contributed by atoms with Gasteiger partial charge in [0.25, 0.3) is 0 Å². The number of fused-ring (bicyclic) bond motifs is 1. The van der Waals surface area contributed by atoms with E-state index in [1.807, 2.05) is 0 Å². The van der Waals surface area contributed by atoms with Crippen LogP contribution in [0.1, 0.15) is 36.0 Å². The van der Waals surface area contributed by atoms with Gasteiger partial charge in [0.15, 0.2) is 0 Å². The van der Waals surface area contributed by atoms with Crippen LogP contribution in [0.5, 0.6) is 5.75 Å². The lowest BCUT2D eigenvalue weighted by Gasteiger charge is -2.29. The molecule has 2 rings (SSSR count). The van der Waals surface area contributed by atoms with Gasteiger partial charge in [-0.1, -0.05) is 12.1 Å². The molecule has 3 heteroatoms. The molecule has 1 aromatic rings. The summed E-state index contributed by atoms with van der Waals surface area (Å²) in [7, 11) is 4.12. The van der Waals surface area contributed by atoms with Crippen LogP contribution in [0.15, 0.2) is 12.1 Å². The maximum Gasteiger partial charge on any atom is 0.127 e. The fourth-order valence-corrected chi connectivity index (χ4v) is 3.07. The Kier molecular flexibility index (Phi) is 4.35. The van der Waals surface area contributed by atoms with Gasteiger partial charge < -0.3 is 9.64 Å². The molecule has 1 aliphatic rings. The van der Waals surface area contributed by atoms with E-state index in [2.05, 4.69) is 51.0 Å². The van der Waals surface area contributed by atoms with Gasteiger partial charge in [-0.15, -0.1) is 0 Å². The molecule has 0 aliphatic carbocycles. The molecule has 0 radical (unpaired) electrons. The Morgan fingerprint density at radius 2 is 2.00 bits per heavy atom. The average molecular weight is 272 g/mol. The van der Waals surface area contributed by atoms with E-state index in [4.69, 9.17) is 4.74 Å². The van der Waals surface area contributed by atoms with Gasteiger partial charge in [-0.25, -0.2) is 0 Å². The Bertz CT molecular complexity index is 531. The minimum Gasteiger partial charge on any atom is -0.493 e. The van der Waals surface area contributed by atoms with Crippen molar-refractivity contribution in [2.75, 3.05) is 27.2 Å². The highest BCUT2D eigenvalue weighted by molar-refractivity contribution is 5.53. The number of rotatable bonds is 3. The number of aryl methyl sites for hydroxylation is 2. The molecule has 1 heterocycles. The zero-order valence-electron chi connectivity index (χ0n) is 13.0. The van der Waals surface area contributed by atoms with E-state index in [0.29, 0.717) is 6.61 Å². The second kappa shape index (κ2) is 5.85. The molecule has 3 nitrogen and oxygen atoms in total. The van der Waals surface area contributed by atoms with E-state index in [0.717, 1.165) is 42.7 Å². The monoisotopic (exact) mass is 272 g/mol. The van der Waals surface area contributed by atoms with Gasteiger partial charge in [-0.3, -0.25) is 0 Å². The van der Waals surface area contributed by atoms with Crippen LogP contribution in [-0.4, -0.2) is 32.1 Å². The SMILES string of the molecule is Cc1ccc(C)c2c1OCCCC2(C#N)CCN(C)C. The lowest BCUT2D eigenvalue weighted by atomic mass is 9.73. The first-order chi connectivity index (χ1) is 9.50. The highest BCUT2D eigenvalue weighted by Crippen LogP contribution is 2.44. The van der Waals surface area contributed by atoms with E-state index < -0.39 is 5.41 Å². The van der Waals surface area contributed by atoms with E-state index in [1.165, 1.54) is 5.56 Å². The number of ether oxygens (including phenoxy) is 1. The molecule has 0 spiro atoms. The van der Waals surface area contributed by atoms with Crippen LogP contribution in [0.2, 0.25) is 0 Å². The highest BCUT2D eigenvalue weighted by Gasteiger charge is 2.38. The van der Waals surface area contributed by atoms with Crippen LogP contribution in [0.4, 0.5) is 0 Å².